The molecule has 2 aliphatic rings. The SMILES string of the molecule is O=C(COc1ccc(Cl)c(F)c1)N[C@H]1CC[C@H](C(=O)NC2CCC(OC(F)(F)F)C2)NC1. The second-order valence-corrected chi connectivity index (χ2v) is 8.28. The van der Waals surface area contributed by atoms with Crippen LogP contribution in [-0.4, -0.2) is 55.6 Å². The molecule has 1 aliphatic carbocycles. The molecular formula is C20H24ClF4N3O4. The van der Waals surface area contributed by atoms with Crippen molar-refractivity contribution in [2.24, 2.45) is 0 Å². The molecule has 1 heterocycles. The first-order valence-electron chi connectivity index (χ1n) is 10.2. The Hall–Kier alpha value is -2.11. The molecule has 0 bridgehead atoms. The van der Waals surface area contributed by atoms with E-state index in [4.69, 9.17) is 16.3 Å². The van der Waals surface area contributed by atoms with Crippen molar-refractivity contribution in [3.8, 4) is 5.75 Å². The van der Waals surface area contributed by atoms with E-state index >= 15 is 0 Å². The minimum atomic E-state index is -4.68. The van der Waals surface area contributed by atoms with Crippen molar-refractivity contribution in [1.29, 1.82) is 0 Å². The molecular weight excluding hydrogens is 458 g/mol. The van der Waals surface area contributed by atoms with Crippen LogP contribution in [0.15, 0.2) is 18.2 Å². The maximum atomic E-state index is 13.4. The zero-order valence-corrected chi connectivity index (χ0v) is 17.8. The Kier molecular flexibility index (Phi) is 8.18. The number of alkyl halides is 3. The first-order chi connectivity index (χ1) is 15.1. The molecule has 1 saturated carbocycles. The van der Waals surface area contributed by atoms with Gasteiger partial charge in [0.25, 0.3) is 5.91 Å². The number of piperidine rings is 1. The molecule has 2 amide bonds. The molecule has 0 spiro atoms. The van der Waals surface area contributed by atoms with Gasteiger partial charge in [0.05, 0.1) is 17.2 Å². The predicted octanol–water partition coefficient (Wildman–Crippen LogP) is 2.67. The van der Waals surface area contributed by atoms with Crippen molar-refractivity contribution in [1.82, 2.24) is 16.0 Å². The maximum Gasteiger partial charge on any atom is 0.522 e. The zero-order valence-electron chi connectivity index (χ0n) is 17.0. The van der Waals surface area contributed by atoms with E-state index in [-0.39, 0.29) is 48.2 Å². The van der Waals surface area contributed by atoms with Crippen LogP contribution in [0.3, 0.4) is 0 Å². The van der Waals surface area contributed by atoms with Crippen LogP contribution in [0.1, 0.15) is 32.1 Å². The normalized spacial score (nSPS) is 25.9. The van der Waals surface area contributed by atoms with Crippen molar-refractivity contribution >= 4 is 23.4 Å². The summed E-state index contributed by atoms with van der Waals surface area (Å²) in [7, 11) is 0. The second-order valence-electron chi connectivity index (χ2n) is 7.87. The van der Waals surface area contributed by atoms with Gasteiger partial charge < -0.3 is 20.7 Å². The van der Waals surface area contributed by atoms with Crippen LogP contribution in [0.4, 0.5) is 17.6 Å². The third kappa shape index (κ3) is 7.49. The van der Waals surface area contributed by atoms with Crippen molar-refractivity contribution in [2.75, 3.05) is 13.2 Å². The third-order valence-electron chi connectivity index (χ3n) is 5.39. The Balaban J connectivity index is 1.34. The van der Waals surface area contributed by atoms with Gasteiger partial charge in [-0.05, 0) is 44.2 Å². The molecule has 1 aliphatic heterocycles. The fourth-order valence-electron chi connectivity index (χ4n) is 3.86. The topological polar surface area (TPSA) is 88.7 Å². The highest BCUT2D eigenvalue weighted by Crippen LogP contribution is 2.29. The number of ether oxygens (including phenoxy) is 2. The summed E-state index contributed by atoms with van der Waals surface area (Å²) in [5.41, 5.74) is 0. The fraction of sp³-hybridized carbons (Fsp3) is 0.600. The van der Waals surface area contributed by atoms with Crippen LogP contribution >= 0.6 is 11.6 Å². The van der Waals surface area contributed by atoms with Crippen molar-refractivity contribution < 1.29 is 36.6 Å². The molecule has 1 saturated heterocycles. The number of rotatable bonds is 7. The van der Waals surface area contributed by atoms with E-state index < -0.39 is 30.2 Å². The van der Waals surface area contributed by atoms with Gasteiger partial charge in [0.1, 0.15) is 11.6 Å². The van der Waals surface area contributed by atoms with Crippen LogP contribution in [-0.2, 0) is 14.3 Å². The molecule has 12 heteroatoms. The van der Waals surface area contributed by atoms with Crippen LogP contribution in [0.25, 0.3) is 0 Å². The summed E-state index contributed by atoms with van der Waals surface area (Å²) < 4.78 is 59.6. The second kappa shape index (κ2) is 10.7. The summed E-state index contributed by atoms with van der Waals surface area (Å²) in [6.45, 7) is 0.0498. The number of hydrogen-bond donors (Lipinski definition) is 3. The lowest BCUT2D eigenvalue weighted by Crippen LogP contribution is -2.55. The molecule has 1 aromatic rings. The van der Waals surface area contributed by atoms with Gasteiger partial charge in [-0.1, -0.05) is 11.6 Å². The summed E-state index contributed by atoms with van der Waals surface area (Å²) in [5.74, 6) is -1.14. The molecule has 7 nitrogen and oxygen atoms in total. The monoisotopic (exact) mass is 481 g/mol. The Labute approximate surface area is 187 Å². The third-order valence-corrected chi connectivity index (χ3v) is 5.69. The van der Waals surface area contributed by atoms with E-state index in [1.54, 1.807) is 0 Å². The van der Waals surface area contributed by atoms with Crippen LogP contribution in [0.2, 0.25) is 5.02 Å². The number of carbonyl (C=O) groups excluding carboxylic acids is 2. The fourth-order valence-corrected chi connectivity index (χ4v) is 3.97. The molecule has 32 heavy (non-hydrogen) atoms. The largest absolute Gasteiger partial charge is 0.522 e. The summed E-state index contributed by atoms with van der Waals surface area (Å²) in [6.07, 6.45) is -3.84. The summed E-state index contributed by atoms with van der Waals surface area (Å²) >= 11 is 5.59. The minimum Gasteiger partial charge on any atom is -0.484 e. The number of carbonyl (C=O) groups is 2. The van der Waals surface area contributed by atoms with Crippen molar-refractivity contribution in [3.63, 3.8) is 0 Å². The van der Waals surface area contributed by atoms with Crippen LogP contribution in [0.5, 0.6) is 5.75 Å². The number of halogens is 5. The highest BCUT2D eigenvalue weighted by atomic mass is 35.5. The first-order valence-corrected chi connectivity index (χ1v) is 10.6. The molecule has 3 rings (SSSR count). The molecule has 0 aromatic heterocycles. The van der Waals surface area contributed by atoms with Gasteiger partial charge in [-0.25, -0.2) is 4.39 Å². The predicted molar refractivity (Wildman–Crippen MR) is 107 cm³/mol. The molecule has 4 atom stereocenters. The summed E-state index contributed by atoms with van der Waals surface area (Å²) in [4.78, 5) is 24.5. The highest BCUT2D eigenvalue weighted by molar-refractivity contribution is 6.30. The quantitative estimate of drug-likeness (QED) is 0.521. The Morgan fingerprint density at radius 1 is 1.12 bits per heavy atom. The molecule has 0 radical (unpaired) electrons. The number of nitrogens with one attached hydrogen (secondary N) is 3. The zero-order chi connectivity index (χ0) is 23.3. The van der Waals surface area contributed by atoms with Gasteiger partial charge in [-0.15, -0.1) is 13.2 Å². The van der Waals surface area contributed by atoms with Crippen molar-refractivity contribution in [3.05, 3.63) is 29.0 Å². The molecule has 178 valence electrons. The van der Waals surface area contributed by atoms with Gasteiger partial charge in [-0.3, -0.25) is 14.3 Å². The molecule has 1 aromatic carbocycles. The van der Waals surface area contributed by atoms with Crippen molar-refractivity contribution in [2.45, 2.75) is 62.7 Å². The maximum absolute atomic E-state index is 13.4. The first kappa shape index (κ1) is 24.5. The average molecular weight is 482 g/mol. The van der Waals surface area contributed by atoms with Gasteiger partial charge in [0.15, 0.2) is 6.61 Å². The van der Waals surface area contributed by atoms with E-state index in [0.29, 0.717) is 25.8 Å². The smallest absolute Gasteiger partial charge is 0.484 e. The van der Waals surface area contributed by atoms with E-state index in [0.717, 1.165) is 6.07 Å². The lowest BCUT2D eigenvalue weighted by molar-refractivity contribution is -0.341. The van der Waals surface area contributed by atoms with E-state index in [1.807, 2.05) is 0 Å². The molecule has 2 unspecified atom stereocenters. The van der Waals surface area contributed by atoms with E-state index in [9.17, 15) is 27.2 Å². The highest BCUT2D eigenvalue weighted by Gasteiger charge is 2.38. The summed E-state index contributed by atoms with van der Waals surface area (Å²) in [5, 5.41) is 8.54. The average Bonchev–Trinajstić information content (AvgIpc) is 3.14. The molecule has 2 fully saturated rings. The number of hydrogen-bond acceptors (Lipinski definition) is 5. The lowest BCUT2D eigenvalue weighted by atomic mass is 9.99. The van der Waals surface area contributed by atoms with E-state index in [2.05, 4.69) is 20.7 Å². The summed E-state index contributed by atoms with van der Waals surface area (Å²) in [6, 6.07) is 2.81. The van der Waals surface area contributed by atoms with Gasteiger partial charge in [-0.2, -0.15) is 0 Å². The number of benzene rings is 1. The standard InChI is InChI=1S/C20H24ClF4N3O4/c21-15-5-4-13(8-16(15)22)31-10-18(29)27-12-2-6-17(26-9-12)19(30)28-11-1-3-14(7-11)32-20(23,24)25/h4-5,8,11-12,14,17,26H,1-3,6-7,9-10H2,(H,27,29)(H,28,30)/t11?,12-,14?,17+/m0/s1. The van der Waals surface area contributed by atoms with Gasteiger partial charge in [0, 0.05) is 24.7 Å². The Bertz CT molecular complexity index is 819. The minimum absolute atomic E-state index is 0.0453. The lowest BCUT2D eigenvalue weighted by Gasteiger charge is -2.30. The van der Waals surface area contributed by atoms with Gasteiger partial charge >= 0.3 is 6.36 Å². The molecule has 3 N–H and O–H groups in total. The van der Waals surface area contributed by atoms with Crippen LogP contribution in [0, 0.1) is 5.82 Å². The Morgan fingerprint density at radius 2 is 1.88 bits per heavy atom. The van der Waals surface area contributed by atoms with Crippen LogP contribution < -0.4 is 20.7 Å². The Morgan fingerprint density at radius 3 is 2.53 bits per heavy atom. The number of amides is 2. The van der Waals surface area contributed by atoms with E-state index in [1.165, 1.54) is 12.1 Å². The van der Waals surface area contributed by atoms with Gasteiger partial charge in [0.2, 0.25) is 5.91 Å².